The largest absolute Gasteiger partial charge is 0.445 e. The zero-order valence-corrected chi connectivity index (χ0v) is 7.52. The zero-order chi connectivity index (χ0) is 10.4. The lowest BCUT2D eigenvalue weighted by atomic mass is 10.2. The molecule has 5 nitrogen and oxygen atoms in total. The fourth-order valence-electron chi connectivity index (χ4n) is 0.851. The van der Waals surface area contributed by atoms with Crippen LogP contribution in [0.1, 0.15) is 10.4 Å². The first kappa shape index (κ1) is 10.2. The van der Waals surface area contributed by atoms with E-state index in [1.165, 1.54) is 7.11 Å². The molecule has 0 aliphatic heterocycles. The molecule has 14 heavy (non-hydrogen) atoms. The van der Waals surface area contributed by atoms with Crippen LogP contribution in [-0.2, 0) is 9.78 Å². The van der Waals surface area contributed by atoms with E-state index >= 15 is 0 Å². The predicted octanol–water partition coefficient (Wildman–Crippen LogP) is 1.11. The van der Waals surface area contributed by atoms with Gasteiger partial charge in [0.1, 0.15) is 0 Å². The molecule has 0 aromatic heterocycles. The number of hydrogen-bond donors (Lipinski definition) is 1. The first-order valence-electron chi connectivity index (χ1n) is 3.85. The molecule has 0 saturated carbocycles. The molecule has 5 heteroatoms. The first-order valence-corrected chi connectivity index (χ1v) is 3.85. The highest BCUT2D eigenvalue weighted by atomic mass is 17.2. The third-order valence-corrected chi connectivity index (χ3v) is 1.41. The number of carbonyl (C=O) groups is 2. The molecule has 1 aromatic rings. The van der Waals surface area contributed by atoms with E-state index in [2.05, 4.69) is 9.78 Å². The van der Waals surface area contributed by atoms with Gasteiger partial charge >= 0.3 is 6.09 Å². The Labute approximate surface area is 80.6 Å². The molecule has 0 atom stereocenters. The van der Waals surface area contributed by atoms with Gasteiger partial charge in [-0.1, -0.05) is 18.2 Å². The fraction of sp³-hybridized carbons (Fsp3) is 0.111. The summed E-state index contributed by atoms with van der Waals surface area (Å²) >= 11 is 0. The Morgan fingerprint density at radius 2 is 1.86 bits per heavy atom. The average Bonchev–Trinajstić information content (AvgIpc) is 2.19. The number of amides is 2. The molecule has 1 rings (SSSR count). The first-order chi connectivity index (χ1) is 6.74. The maximum Gasteiger partial charge on any atom is 0.445 e. The van der Waals surface area contributed by atoms with Gasteiger partial charge in [0.05, 0.1) is 7.11 Å². The van der Waals surface area contributed by atoms with E-state index in [0.29, 0.717) is 5.56 Å². The Morgan fingerprint density at radius 1 is 1.21 bits per heavy atom. The lowest BCUT2D eigenvalue weighted by Gasteiger charge is -2.01. The summed E-state index contributed by atoms with van der Waals surface area (Å²) in [5.74, 6) is -0.535. The van der Waals surface area contributed by atoms with Crippen LogP contribution in [0.2, 0.25) is 0 Å². The normalized spacial score (nSPS) is 9.21. The quantitative estimate of drug-likeness (QED) is 0.567. The van der Waals surface area contributed by atoms with Crippen molar-refractivity contribution in [3.05, 3.63) is 35.9 Å². The van der Waals surface area contributed by atoms with Gasteiger partial charge in [-0.25, -0.2) is 4.79 Å². The molecular weight excluding hydrogens is 186 g/mol. The second kappa shape index (κ2) is 4.98. The van der Waals surface area contributed by atoms with Crippen molar-refractivity contribution in [2.24, 2.45) is 0 Å². The highest BCUT2D eigenvalue weighted by Gasteiger charge is 2.10. The topological polar surface area (TPSA) is 64.6 Å². The molecular formula is C9H9NO4. The summed E-state index contributed by atoms with van der Waals surface area (Å²) in [6.45, 7) is 0. The van der Waals surface area contributed by atoms with E-state index in [-0.39, 0.29) is 0 Å². The van der Waals surface area contributed by atoms with E-state index in [1.54, 1.807) is 30.3 Å². The summed E-state index contributed by atoms with van der Waals surface area (Å²) in [4.78, 5) is 30.1. The van der Waals surface area contributed by atoms with Crippen LogP contribution >= 0.6 is 0 Å². The van der Waals surface area contributed by atoms with Crippen molar-refractivity contribution in [3.63, 3.8) is 0 Å². The van der Waals surface area contributed by atoms with Crippen LogP contribution in [0.5, 0.6) is 0 Å². The maximum absolute atomic E-state index is 11.3. The monoisotopic (exact) mass is 195 g/mol. The number of hydrogen-bond acceptors (Lipinski definition) is 4. The molecule has 0 bridgehead atoms. The van der Waals surface area contributed by atoms with Crippen LogP contribution in [0.25, 0.3) is 0 Å². The van der Waals surface area contributed by atoms with Crippen molar-refractivity contribution < 1.29 is 19.4 Å². The van der Waals surface area contributed by atoms with E-state index in [9.17, 15) is 9.59 Å². The van der Waals surface area contributed by atoms with Gasteiger partial charge in [-0.3, -0.25) is 15.0 Å². The minimum Gasteiger partial charge on any atom is -0.275 e. The van der Waals surface area contributed by atoms with Crippen LogP contribution in [0, 0.1) is 0 Å². The van der Waals surface area contributed by atoms with Gasteiger partial charge in [0.15, 0.2) is 0 Å². The molecule has 0 radical (unpaired) electrons. The minimum absolute atomic E-state index is 0.376. The zero-order valence-electron chi connectivity index (χ0n) is 7.52. The molecule has 0 aliphatic carbocycles. The number of imide groups is 1. The van der Waals surface area contributed by atoms with Crippen molar-refractivity contribution in [1.29, 1.82) is 0 Å². The van der Waals surface area contributed by atoms with E-state index < -0.39 is 12.0 Å². The molecule has 0 unspecified atom stereocenters. The van der Waals surface area contributed by atoms with Crippen molar-refractivity contribution >= 4 is 12.0 Å². The molecule has 74 valence electrons. The average molecular weight is 195 g/mol. The Bertz CT molecular complexity index is 323. The lowest BCUT2D eigenvalue weighted by Crippen LogP contribution is -2.30. The third kappa shape index (κ3) is 2.87. The molecule has 1 N–H and O–H groups in total. The minimum atomic E-state index is -0.943. The van der Waals surface area contributed by atoms with Gasteiger partial charge in [0, 0.05) is 5.56 Å². The van der Waals surface area contributed by atoms with Crippen LogP contribution in [0.15, 0.2) is 30.3 Å². The molecule has 0 heterocycles. The fourth-order valence-corrected chi connectivity index (χ4v) is 0.851. The maximum atomic E-state index is 11.3. The SMILES string of the molecule is COOC(=O)NC(=O)c1ccccc1. The lowest BCUT2D eigenvalue weighted by molar-refractivity contribution is -0.212. The molecule has 0 spiro atoms. The predicted molar refractivity (Wildman–Crippen MR) is 47.4 cm³/mol. The Morgan fingerprint density at radius 3 is 2.43 bits per heavy atom. The Balaban J connectivity index is 2.55. The molecule has 2 amide bonds. The van der Waals surface area contributed by atoms with E-state index in [4.69, 9.17) is 0 Å². The summed E-state index contributed by atoms with van der Waals surface area (Å²) in [6.07, 6.45) is -0.943. The number of carbonyl (C=O) groups excluding carboxylic acids is 2. The molecule has 1 aromatic carbocycles. The standard InChI is InChI=1S/C9H9NO4/c1-13-14-9(12)10-8(11)7-5-3-2-4-6-7/h2-6H,1H3,(H,10,11,12). The Kier molecular flexibility index (Phi) is 3.63. The number of benzene rings is 1. The Hall–Kier alpha value is -1.88. The van der Waals surface area contributed by atoms with Crippen molar-refractivity contribution in [2.75, 3.05) is 7.11 Å². The van der Waals surface area contributed by atoms with Gasteiger partial charge in [0.25, 0.3) is 5.91 Å². The van der Waals surface area contributed by atoms with Crippen LogP contribution < -0.4 is 5.32 Å². The van der Waals surface area contributed by atoms with Crippen molar-refractivity contribution in [2.45, 2.75) is 0 Å². The van der Waals surface area contributed by atoms with Crippen LogP contribution in [0.3, 0.4) is 0 Å². The van der Waals surface area contributed by atoms with E-state index in [1.807, 2.05) is 5.32 Å². The summed E-state index contributed by atoms with van der Waals surface area (Å²) in [5.41, 5.74) is 0.376. The second-order valence-electron chi connectivity index (χ2n) is 2.36. The van der Waals surface area contributed by atoms with Gasteiger partial charge in [-0.2, -0.15) is 4.89 Å². The summed E-state index contributed by atoms with van der Waals surface area (Å²) in [6, 6.07) is 8.31. The summed E-state index contributed by atoms with van der Waals surface area (Å²) in [7, 11) is 1.17. The second-order valence-corrected chi connectivity index (χ2v) is 2.36. The van der Waals surface area contributed by atoms with Crippen molar-refractivity contribution in [3.8, 4) is 0 Å². The highest BCUT2D eigenvalue weighted by molar-refractivity contribution is 6.02. The van der Waals surface area contributed by atoms with Crippen molar-refractivity contribution in [1.82, 2.24) is 5.32 Å². The molecule has 0 saturated heterocycles. The number of rotatable bonds is 2. The highest BCUT2D eigenvalue weighted by Crippen LogP contribution is 1.97. The van der Waals surface area contributed by atoms with Gasteiger partial charge < -0.3 is 0 Å². The van der Waals surface area contributed by atoms with Crippen LogP contribution in [0.4, 0.5) is 4.79 Å². The van der Waals surface area contributed by atoms with Gasteiger partial charge in [-0.05, 0) is 12.1 Å². The van der Waals surface area contributed by atoms with Gasteiger partial charge in [-0.15, -0.1) is 0 Å². The number of nitrogens with one attached hydrogen (secondary N) is 1. The molecule has 0 fully saturated rings. The van der Waals surface area contributed by atoms with Crippen LogP contribution in [-0.4, -0.2) is 19.1 Å². The third-order valence-electron chi connectivity index (χ3n) is 1.41. The summed E-state index contributed by atoms with van der Waals surface area (Å²) in [5, 5.41) is 1.97. The van der Waals surface area contributed by atoms with Gasteiger partial charge in [0.2, 0.25) is 0 Å². The smallest absolute Gasteiger partial charge is 0.275 e. The molecule has 0 aliphatic rings. The van der Waals surface area contributed by atoms with E-state index in [0.717, 1.165) is 0 Å². The summed E-state index contributed by atoms with van der Waals surface area (Å²) < 4.78 is 0.